The normalized spacial score (nSPS) is 12.5. The zero-order chi connectivity index (χ0) is 22.6. The zero-order valence-electron chi connectivity index (χ0n) is 17.6. The van der Waals surface area contributed by atoms with E-state index in [4.69, 9.17) is 0 Å². The highest BCUT2D eigenvalue weighted by Crippen LogP contribution is 2.23. The monoisotopic (exact) mass is 428 g/mol. The van der Waals surface area contributed by atoms with Gasteiger partial charge in [0, 0.05) is 44.2 Å². The number of hydrogen-bond acceptors (Lipinski definition) is 5. The van der Waals surface area contributed by atoms with Crippen LogP contribution in [0.4, 0.5) is 4.39 Å². The second-order valence-electron chi connectivity index (χ2n) is 7.82. The van der Waals surface area contributed by atoms with Crippen molar-refractivity contribution < 1.29 is 19.1 Å². The second-order valence-corrected chi connectivity index (χ2v) is 7.82. The molecule has 1 amide bonds. The highest BCUT2D eigenvalue weighted by atomic mass is 19.1. The molecule has 1 unspecified atom stereocenters. The molecule has 0 saturated heterocycles. The standard InChI is InChI=1S/C21H25FN6O3/c1-21(2,20(30)31)16-13-28(26-25-16)11-6-9-17(29)24-18(19-23-10-12-27(19)3)14-7-4-5-8-15(14)22/h4-5,7-8,10,12-13,18H,6,9,11H2,1-3H3,(H,24,29)(H,30,31). The lowest BCUT2D eigenvalue weighted by Crippen LogP contribution is -2.31. The molecule has 0 aliphatic rings. The Bertz CT molecular complexity index is 1070. The summed E-state index contributed by atoms with van der Waals surface area (Å²) in [5, 5.41) is 20.0. The van der Waals surface area contributed by atoms with Crippen molar-refractivity contribution in [2.45, 2.75) is 44.7 Å². The van der Waals surface area contributed by atoms with Gasteiger partial charge in [0.05, 0.1) is 5.69 Å². The van der Waals surface area contributed by atoms with Crippen molar-refractivity contribution >= 4 is 11.9 Å². The fourth-order valence-electron chi connectivity index (χ4n) is 3.08. The van der Waals surface area contributed by atoms with Crippen LogP contribution in [0.25, 0.3) is 0 Å². The fourth-order valence-corrected chi connectivity index (χ4v) is 3.08. The Morgan fingerprint density at radius 1 is 1.29 bits per heavy atom. The molecule has 1 atom stereocenters. The van der Waals surface area contributed by atoms with Gasteiger partial charge in [0.1, 0.15) is 23.1 Å². The Hall–Kier alpha value is -3.56. The number of carbonyl (C=O) groups excluding carboxylic acids is 1. The first-order valence-corrected chi connectivity index (χ1v) is 9.85. The largest absolute Gasteiger partial charge is 0.481 e. The van der Waals surface area contributed by atoms with Crippen LogP contribution in [0.3, 0.4) is 0 Å². The number of carboxylic acid groups (broad SMARTS) is 1. The molecule has 0 saturated carbocycles. The van der Waals surface area contributed by atoms with Gasteiger partial charge in [-0.2, -0.15) is 0 Å². The maximum absolute atomic E-state index is 14.4. The molecule has 31 heavy (non-hydrogen) atoms. The summed E-state index contributed by atoms with van der Waals surface area (Å²) in [6.07, 6.45) is 5.52. The van der Waals surface area contributed by atoms with Gasteiger partial charge in [0.25, 0.3) is 0 Å². The molecule has 0 radical (unpaired) electrons. The number of carbonyl (C=O) groups is 2. The number of nitrogens with zero attached hydrogens (tertiary/aromatic N) is 5. The van der Waals surface area contributed by atoms with Gasteiger partial charge in [-0.25, -0.2) is 9.37 Å². The first-order chi connectivity index (χ1) is 14.7. The summed E-state index contributed by atoms with van der Waals surface area (Å²) in [4.78, 5) is 28.2. The van der Waals surface area contributed by atoms with Gasteiger partial charge >= 0.3 is 5.97 Å². The van der Waals surface area contributed by atoms with Crippen LogP contribution in [-0.4, -0.2) is 41.5 Å². The number of imidazole rings is 1. The molecular weight excluding hydrogens is 403 g/mol. The lowest BCUT2D eigenvalue weighted by molar-refractivity contribution is -0.142. The lowest BCUT2D eigenvalue weighted by atomic mass is 9.90. The average molecular weight is 428 g/mol. The van der Waals surface area contributed by atoms with E-state index in [0.717, 1.165) is 0 Å². The van der Waals surface area contributed by atoms with Crippen molar-refractivity contribution in [2.24, 2.45) is 7.05 Å². The Morgan fingerprint density at radius 2 is 2.03 bits per heavy atom. The highest BCUT2D eigenvalue weighted by Gasteiger charge is 2.32. The second kappa shape index (κ2) is 9.07. The number of rotatable bonds is 9. The minimum atomic E-state index is -1.15. The molecule has 164 valence electrons. The third-order valence-electron chi connectivity index (χ3n) is 5.14. The van der Waals surface area contributed by atoms with E-state index in [1.807, 2.05) is 0 Å². The Balaban J connectivity index is 1.64. The number of aryl methyl sites for hydroxylation is 2. The van der Waals surface area contributed by atoms with E-state index >= 15 is 0 Å². The summed E-state index contributed by atoms with van der Waals surface area (Å²) >= 11 is 0. The van der Waals surface area contributed by atoms with Crippen LogP contribution >= 0.6 is 0 Å². The molecule has 0 fully saturated rings. The summed E-state index contributed by atoms with van der Waals surface area (Å²) in [5.74, 6) is -1.16. The van der Waals surface area contributed by atoms with Crippen LogP contribution < -0.4 is 5.32 Å². The van der Waals surface area contributed by atoms with E-state index < -0.39 is 23.2 Å². The summed E-state index contributed by atoms with van der Waals surface area (Å²) in [6, 6.07) is 5.55. The highest BCUT2D eigenvalue weighted by molar-refractivity contribution is 5.79. The van der Waals surface area contributed by atoms with Crippen LogP contribution in [0.5, 0.6) is 0 Å². The number of nitrogens with one attached hydrogen (secondary N) is 1. The molecule has 1 aromatic carbocycles. The van der Waals surface area contributed by atoms with E-state index in [9.17, 15) is 19.1 Å². The third-order valence-corrected chi connectivity index (χ3v) is 5.14. The van der Waals surface area contributed by atoms with Gasteiger partial charge in [0.15, 0.2) is 0 Å². The maximum Gasteiger partial charge on any atom is 0.315 e. The van der Waals surface area contributed by atoms with Crippen LogP contribution in [0, 0.1) is 5.82 Å². The molecule has 3 aromatic rings. The first kappa shape index (κ1) is 22.1. The number of amides is 1. The summed E-state index contributed by atoms with van der Waals surface area (Å²) < 4.78 is 17.6. The minimum Gasteiger partial charge on any atom is -0.481 e. The molecule has 0 aliphatic carbocycles. The van der Waals surface area contributed by atoms with E-state index in [1.54, 1.807) is 62.3 Å². The lowest BCUT2D eigenvalue weighted by Gasteiger charge is -2.19. The molecule has 2 aromatic heterocycles. The molecule has 9 nitrogen and oxygen atoms in total. The minimum absolute atomic E-state index is 0.174. The number of hydrogen-bond donors (Lipinski definition) is 2. The number of benzene rings is 1. The molecular formula is C21H25FN6O3. The SMILES string of the molecule is Cn1ccnc1C(NC(=O)CCCn1cc(C(C)(C)C(=O)O)nn1)c1ccccc1F. The van der Waals surface area contributed by atoms with Crippen molar-refractivity contribution in [1.29, 1.82) is 0 Å². The Kier molecular flexibility index (Phi) is 6.47. The molecule has 10 heteroatoms. The zero-order valence-corrected chi connectivity index (χ0v) is 17.6. The van der Waals surface area contributed by atoms with Gasteiger partial charge < -0.3 is 15.0 Å². The number of halogens is 1. The fraction of sp³-hybridized carbons (Fsp3) is 0.381. The van der Waals surface area contributed by atoms with Crippen molar-refractivity contribution in [3.8, 4) is 0 Å². The summed E-state index contributed by atoms with van der Waals surface area (Å²) in [6.45, 7) is 3.50. The van der Waals surface area contributed by atoms with E-state index in [2.05, 4.69) is 20.6 Å². The predicted molar refractivity (Wildman–Crippen MR) is 110 cm³/mol. The molecule has 0 spiro atoms. The topological polar surface area (TPSA) is 115 Å². The number of aromatic nitrogens is 5. The summed E-state index contributed by atoms with van der Waals surface area (Å²) in [7, 11) is 1.78. The van der Waals surface area contributed by atoms with Crippen LogP contribution in [-0.2, 0) is 28.6 Å². The quantitative estimate of drug-likeness (QED) is 0.540. The maximum atomic E-state index is 14.4. The molecule has 3 rings (SSSR count). The van der Waals surface area contributed by atoms with Crippen molar-refractivity contribution in [1.82, 2.24) is 29.9 Å². The van der Waals surface area contributed by atoms with E-state index in [-0.39, 0.29) is 12.3 Å². The van der Waals surface area contributed by atoms with Gasteiger partial charge in [-0.05, 0) is 26.3 Å². The summed E-state index contributed by atoms with van der Waals surface area (Å²) in [5.41, 5.74) is -0.467. The molecule has 2 heterocycles. The third kappa shape index (κ3) is 4.96. The van der Waals surface area contributed by atoms with Gasteiger partial charge in [-0.15, -0.1) is 5.10 Å². The number of aliphatic carboxylic acids is 1. The number of carboxylic acids is 1. The molecule has 0 bridgehead atoms. The van der Waals surface area contributed by atoms with Crippen molar-refractivity contribution in [3.63, 3.8) is 0 Å². The predicted octanol–water partition coefficient (Wildman–Crippen LogP) is 2.20. The van der Waals surface area contributed by atoms with Gasteiger partial charge in [-0.1, -0.05) is 23.4 Å². The van der Waals surface area contributed by atoms with E-state index in [0.29, 0.717) is 30.0 Å². The smallest absolute Gasteiger partial charge is 0.315 e. The first-order valence-electron chi connectivity index (χ1n) is 9.85. The van der Waals surface area contributed by atoms with Crippen LogP contribution in [0.1, 0.15) is 49.8 Å². The average Bonchev–Trinajstić information content (AvgIpc) is 3.36. The van der Waals surface area contributed by atoms with Crippen molar-refractivity contribution in [3.05, 3.63) is 65.8 Å². The van der Waals surface area contributed by atoms with Gasteiger partial charge in [-0.3, -0.25) is 14.3 Å². The van der Waals surface area contributed by atoms with Crippen molar-refractivity contribution in [2.75, 3.05) is 0 Å². The Morgan fingerprint density at radius 3 is 2.68 bits per heavy atom. The Labute approximate surface area is 178 Å². The van der Waals surface area contributed by atoms with Crippen LogP contribution in [0.15, 0.2) is 42.9 Å². The molecule has 0 aliphatic heterocycles. The van der Waals surface area contributed by atoms with E-state index in [1.165, 1.54) is 10.7 Å². The van der Waals surface area contributed by atoms with Crippen LogP contribution in [0.2, 0.25) is 0 Å². The molecule has 2 N–H and O–H groups in total. The van der Waals surface area contributed by atoms with Gasteiger partial charge in [0.2, 0.25) is 5.91 Å².